The molecule has 18 heavy (non-hydrogen) atoms. The molecule has 4 nitrogen and oxygen atoms in total. The van der Waals surface area contributed by atoms with E-state index < -0.39 is 0 Å². The SMILES string of the molecule is COc1cccc(OCCc2ncc(CN)s2)c1. The predicted octanol–water partition coefficient (Wildman–Crippen LogP) is 2.23. The molecule has 0 aliphatic rings. The summed E-state index contributed by atoms with van der Waals surface area (Å²) in [5.74, 6) is 1.61. The quantitative estimate of drug-likeness (QED) is 0.869. The third-order valence-electron chi connectivity index (χ3n) is 2.43. The molecule has 0 saturated carbocycles. The van der Waals surface area contributed by atoms with Gasteiger partial charge in [0.05, 0.1) is 18.7 Å². The summed E-state index contributed by atoms with van der Waals surface area (Å²) < 4.78 is 10.8. The number of hydrogen-bond donors (Lipinski definition) is 1. The average molecular weight is 264 g/mol. The van der Waals surface area contributed by atoms with Crippen LogP contribution in [0.1, 0.15) is 9.88 Å². The Hall–Kier alpha value is -1.59. The maximum absolute atomic E-state index is 5.65. The molecule has 0 aliphatic carbocycles. The maximum Gasteiger partial charge on any atom is 0.123 e. The minimum atomic E-state index is 0.550. The van der Waals surface area contributed by atoms with Crippen LogP contribution in [-0.4, -0.2) is 18.7 Å². The molecule has 0 radical (unpaired) electrons. The molecule has 96 valence electrons. The van der Waals surface area contributed by atoms with E-state index in [-0.39, 0.29) is 0 Å². The van der Waals surface area contributed by atoms with Gasteiger partial charge < -0.3 is 15.2 Å². The summed E-state index contributed by atoms with van der Waals surface area (Å²) in [5.41, 5.74) is 5.54. The molecule has 0 saturated heterocycles. The van der Waals surface area contributed by atoms with Crippen LogP contribution in [0.2, 0.25) is 0 Å². The van der Waals surface area contributed by atoms with Gasteiger partial charge in [-0.2, -0.15) is 0 Å². The van der Waals surface area contributed by atoms with Crippen LogP contribution in [0.15, 0.2) is 30.5 Å². The van der Waals surface area contributed by atoms with Crippen molar-refractivity contribution in [1.82, 2.24) is 4.98 Å². The number of ether oxygens (including phenoxy) is 2. The molecule has 0 amide bonds. The van der Waals surface area contributed by atoms with Gasteiger partial charge in [0.25, 0.3) is 0 Å². The van der Waals surface area contributed by atoms with E-state index in [2.05, 4.69) is 4.98 Å². The minimum absolute atomic E-state index is 0.550. The maximum atomic E-state index is 5.65. The molecular weight excluding hydrogens is 248 g/mol. The van der Waals surface area contributed by atoms with Crippen LogP contribution in [-0.2, 0) is 13.0 Å². The normalized spacial score (nSPS) is 10.3. The van der Waals surface area contributed by atoms with Gasteiger partial charge in [0.2, 0.25) is 0 Å². The predicted molar refractivity (Wildman–Crippen MR) is 72.2 cm³/mol. The van der Waals surface area contributed by atoms with Crippen LogP contribution in [0.3, 0.4) is 0 Å². The topological polar surface area (TPSA) is 57.4 Å². The van der Waals surface area contributed by atoms with Crippen LogP contribution in [0.25, 0.3) is 0 Å². The molecule has 1 aromatic heterocycles. The van der Waals surface area contributed by atoms with Gasteiger partial charge in [-0.05, 0) is 12.1 Å². The van der Waals surface area contributed by atoms with Crippen molar-refractivity contribution in [3.63, 3.8) is 0 Å². The lowest BCUT2D eigenvalue weighted by molar-refractivity contribution is 0.319. The van der Waals surface area contributed by atoms with Gasteiger partial charge in [-0.15, -0.1) is 11.3 Å². The van der Waals surface area contributed by atoms with Crippen LogP contribution in [0.5, 0.6) is 11.5 Å². The van der Waals surface area contributed by atoms with E-state index in [1.807, 2.05) is 30.5 Å². The second-order valence-corrected chi connectivity index (χ2v) is 4.90. The lowest BCUT2D eigenvalue weighted by Crippen LogP contribution is -2.01. The molecular formula is C13H16N2O2S. The van der Waals surface area contributed by atoms with Crippen LogP contribution in [0, 0.1) is 0 Å². The van der Waals surface area contributed by atoms with Crippen molar-refractivity contribution in [2.45, 2.75) is 13.0 Å². The second-order valence-electron chi connectivity index (χ2n) is 3.70. The van der Waals surface area contributed by atoms with Crippen LogP contribution in [0.4, 0.5) is 0 Å². The number of methoxy groups -OCH3 is 1. The lowest BCUT2D eigenvalue weighted by Gasteiger charge is -2.06. The van der Waals surface area contributed by atoms with Crippen molar-refractivity contribution in [2.24, 2.45) is 5.73 Å². The zero-order valence-electron chi connectivity index (χ0n) is 10.3. The molecule has 1 aromatic carbocycles. The van der Waals surface area contributed by atoms with E-state index in [0.29, 0.717) is 13.2 Å². The fourth-order valence-corrected chi connectivity index (χ4v) is 2.29. The Morgan fingerprint density at radius 1 is 1.33 bits per heavy atom. The number of thiazole rings is 1. The Bertz CT molecular complexity index is 499. The highest BCUT2D eigenvalue weighted by Crippen LogP contribution is 2.19. The number of aromatic nitrogens is 1. The second kappa shape index (κ2) is 6.37. The zero-order valence-corrected chi connectivity index (χ0v) is 11.1. The number of benzene rings is 1. The van der Waals surface area contributed by atoms with Crippen LogP contribution >= 0.6 is 11.3 Å². The highest BCUT2D eigenvalue weighted by atomic mass is 32.1. The lowest BCUT2D eigenvalue weighted by atomic mass is 10.3. The Labute approximate surface area is 110 Å². The number of nitrogens with zero attached hydrogens (tertiary/aromatic N) is 1. The van der Waals surface area contributed by atoms with Crippen molar-refractivity contribution in [3.8, 4) is 11.5 Å². The molecule has 2 rings (SSSR count). The molecule has 2 aromatic rings. The number of hydrogen-bond acceptors (Lipinski definition) is 5. The van der Waals surface area contributed by atoms with Gasteiger partial charge in [0.15, 0.2) is 0 Å². The first-order chi connectivity index (χ1) is 8.81. The molecule has 0 unspecified atom stereocenters. The summed E-state index contributed by atoms with van der Waals surface area (Å²) in [6.45, 7) is 1.15. The van der Waals surface area contributed by atoms with E-state index in [1.54, 1.807) is 18.4 Å². The highest BCUT2D eigenvalue weighted by Gasteiger charge is 2.02. The summed E-state index contributed by atoms with van der Waals surface area (Å²) in [4.78, 5) is 5.39. The van der Waals surface area contributed by atoms with Gasteiger partial charge in [-0.25, -0.2) is 4.98 Å². The monoisotopic (exact) mass is 264 g/mol. The Kier molecular flexibility index (Phi) is 4.55. The molecule has 0 bridgehead atoms. The van der Waals surface area contributed by atoms with Crippen molar-refractivity contribution in [3.05, 3.63) is 40.3 Å². The molecule has 2 N–H and O–H groups in total. The third-order valence-corrected chi connectivity index (χ3v) is 3.51. The first-order valence-corrected chi connectivity index (χ1v) is 6.54. The fraction of sp³-hybridized carbons (Fsp3) is 0.308. The third kappa shape index (κ3) is 3.45. The summed E-state index contributed by atoms with van der Waals surface area (Å²) in [5, 5.41) is 1.05. The van der Waals surface area contributed by atoms with Gasteiger partial charge >= 0.3 is 0 Å². The zero-order chi connectivity index (χ0) is 12.8. The van der Waals surface area contributed by atoms with Crippen molar-refractivity contribution in [2.75, 3.05) is 13.7 Å². The Morgan fingerprint density at radius 2 is 2.17 bits per heavy atom. The van der Waals surface area contributed by atoms with E-state index >= 15 is 0 Å². The fourth-order valence-electron chi connectivity index (χ4n) is 1.51. The number of nitrogens with two attached hydrogens (primary N) is 1. The summed E-state index contributed by atoms with van der Waals surface area (Å²) in [7, 11) is 1.64. The minimum Gasteiger partial charge on any atom is -0.497 e. The summed E-state index contributed by atoms with van der Waals surface area (Å²) in [6, 6.07) is 7.58. The van der Waals surface area contributed by atoms with Crippen molar-refractivity contribution >= 4 is 11.3 Å². The van der Waals surface area contributed by atoms with Crippen LogP contribution < -0.4 is 15.2 Å². The number of rotatable bonds is 6. The van der Waals surface area contributed by atoms with E-state index in [9.17, 15) is 0 Å². The summed E-state index contributed by atoms with van der Waals surface area (Å²) in [6.07, 6.45) is 2.62. The molecule has 0 aliphatic heterocycles. The first kappa shape index (κ1) is 12.9. The Morgan fingerprint density at radius 3 is 2.89 bits per heavy atom. The molecule has 0 atom stereocenters. The van der Waals surface area contributed by atoms with Gasteiger partial charge in [-0.3, -0.25) is 0 Å². The standard InChI is InChI=1S/C13H16N2O2S/c1-16-10-3-2-4-11(7-10)17-6-5-13-15-9-12(8-14)18-13/h2-4,7,9H,5-6,8,14H2,1H3. The average Bonchev–Trinajstić information content (AvgIpc) is 2.87. The summed E-state index contributed by atoms with van der Waals surface area (Å²) >= 11 is 1.63. The van der Waals surface area contributed by atoms with Gasteiger partial charge in [-0.1, -0.05) is 6.07 Å². The largest absolute Gasteiger partial charge is 0.497 e. The molecule has 1 heterocycles. The molecule has 0 fully saturated rings. The van der Waals surface area contributed by atoms with E-state index in [1.165, 1.54) is 0 Å². The van der Waals surface area contributed by atoms with Crippen molar-refractivity contribution in [1.29, 1.82) is 0 Å². The molecule has 0 spiro atoms. The van der Waals surface area contributed by atoms with Gasteiger partial charge in [0.1, 0.15) is 11.5 Å². The smallest absolute Gasteiger partial charge is 0.123 e. The van der Waals surface area contributed by atoms with E-state index in [4.69, 9.17) is 15.2 Å². The van der Waals surface area contributed by atoms with Gasteiger partial charge in [0, 0.05) is 30.1 Å². The van der Waals surface area contributed by atoms with Crippen molar-refractivity contribution < 1.29 is 9.47 Å². The van der Waals surface area contributed by atoms with E-state index in [0.717, 1.165) is 27.8 Å². The first-order valence-electron chi connectivity index (χ1n) is 5.72. The highest BCUT2D eigenvalue weighted by molar-refractivity contribution is 7.11. The molecule has 5 heteroatoms. The Balaban J connectivity index is 1.84.